The van der Waals surface area contributed by atoms with Crippen molar-refractivity contribution in [2.45, 2.75) is 45.4 Å². The third-order valence-electron chi connectivity index (χ3n) is 4.15. The molecule has 126 valence electrons. The number of piperazine rings is 1. The standard InChI is InChI=1S/C18H28N4O/c1-2-3-4-5-6-7-8-10-17(23)21-13-15-22(16-14-21)18-19-11-9-12-20-18/h7-9,11-12H,2-6,10,13-16H2,1H3/b8-7+. The summed E-state index contributed by atoms with van der Waals surface area (Å²) in [4.78, 5) is 24.8. The second-order valence-electron chi connectivity index (χ2n) is 5.94. The van der Waals surface area contributed by atoms with Gasteiger partial charge in [0.25, 0.3) is 0 Å². The van der Waals surface area contributed by atoms with Crippen molar-refractivity contribution in [3.63, 3.8) is 0 Å². The van der Waals surface area contributed by atoms with Gasteiger partial charge in [-0.1, -0.05) is 38.3 Å². The molecule has 5 nitrogen and oxygen atoms in total. The lowest BCUT2D eigenvalue weighted by molar-refractivity contribution is -0.130. The second kappa shape index (κ2) is 9.98. The molecule has 1 saturated heterocycles. The first-order valence-corrected chi connectivity index (χ1v) is 8.76. The number of hydrogen-bond donors (Lipinski definition) is 0. The summed E-state index contributed by atoms with van der Waals surface area (Å²) in [7, 11) is 0. The molecular formula is C18H28N4O. The molecule has 0 unspecified atom stereocenters. The Morgan fingerprint density at radius 2 is 1.83 bits per heavy atom. The predicted molar refractivity (Wildman–Crippen MR) is 93.3 cm³/mol. The molecule has 0 aromatic carbocycles. The quantitative estimate of drug-likeness (QED) is 0.546. The molecule has 0 radical (unpaired) electrons. The largest absolute Gasteiger partial charge is 0.339 e. The zero-order valence-corrected chi connectivity index (χ0v) is 14.2. The van der Waals surface area contributed by atoms with E-state index >= 15 is 0 Å². The summed E-state index contributed by atoms with van der Waals surface area (Å²) < 4.78 is 0. The fourth-order valence-electron chi connectivity index (χ4n) is 2.73. The SMILES string of the molecule is CCCCCC/C=C/CC(=O)N1CCN(c2ncccn2)CC1. The van der Waals surface area contributed by atoms with Crippen molar-refractivity contribution in [3.05, 3.63) is 30.6 Å². The molecule has 1 aliphatic rings. The van der Waals surface area contributed by atoms with Crippen LogP contribution in [0.5, 0.6) is 0 Å². The van der Waals surface area contributed by atoms with Crippen LogP contribution in [0.3, 0.4) is 0 Å². The van der Waals surface area contributed by atoms with Gasteiger partial charge < -0.3 is 9.80 Å². The van der Waals surface area contributed by atoms with Crippen molar-refractivity contribution < 1.29 is 4.79 Å². The number of carbonyl (C=O) groups excluding carboxylic acids is 1. The molecule has 1 aliphatic heterocycles. The van der Waals surface area contributed by atoms with E-state index in [9.17, 15) is 4.79 Å². The Kier molecular flexibility index (Phi) is 7.57. The van der Waals surface area contributed by atoms with Crippen molar-refractivity contribution in [2.24, 2.45) is 0 Å². The van der Waals surface area contributed by atoms with Gasteiger partial charge in [0.05, 0.1) is 0 Å². The van der Waals surface area contributed by atoms with E-state index in [1.54, 1.807) is 12.4 Å². The predicted octanol–water partition coefficient (Wildman–Crippen LogP) is 3.04. The van der Waals surface area contributed by atoms with E-state index in [0.29, 0.717) is 6.42 Å². The molecule has 2 rings (SSSR count). The van der Waals surface area contributed by atoms with Crippen molar-refractivity contribution in [1.29, 1.82) is 0 Å². The maximum atomic E-state index is 12.2. The third-order valence-corrected chi connectivity index (χ3v) is 4.15. The highest BCUT2D eigenvalue weighted by atomic mass is 16.2. The Morgan fingerprint density at radius 3 is 2.52 bits per heavy atom. The van der Waals surface area contributed by atoms with Crippen LogP contribution in [-0.2, 0) is 4.79 Å². The normalized spacial score (nSPS) is 15.3. The van der Waals surface area contributed by atoms with Gasteiger partial charge >= 0.3 is 0 Å². The lowest BCUT2D eigenvalue weighted by Gasteiger charge is -2.34. The number of anilines is 1. The summed E-state index contributed by atoms with van der Waals surface area (Å²) in [5.74, 6) is 0.981. The molecule has 23 heavy (non-hydrogen) atoms. The summed E-state index contributed by atoms with van der Waals surface area (Å²) in [5.41, 5.74) is 0. The minimum Gasteiger partial charge on any atom is -0.339 e. The molecule has 0 atom stereocenters. The molecule has 0 bridgehead atoms. The maximum Gasteiger partial charge on any atom is 0.226 e. The summed E-state index contributed by atoms with van der Waals surface area (Å²) in [6, 6.07) is 1.82. The van der Waals surface area contributed by atoms with E-state index < -0.39 is 0 Å². The summed E-state index contributed by atoms with van der Waals surface area (Å²) in [6.45, 7) is 5.33. The van der Waals surface area contributed by atoms with Gasteiger partial charge in [-0.3, -0.25) is 4.79 Å². The molecule has 0 aliphatic carbocycles. The van der Waals surface area contributed by atoms with Crippen LogP contribution in [0.15, 0.2) is 30.6 Å². The summed E-state index contributed by atoms with van der Waals surface area (Å²) in [5, 5.41) is 0. The molecule has 0 N–H and O–H groups in total. The average Bonchev–Trinajstić information content (AvgIpc) is 2.61. The van der Waals surface area contributed by atoms with E-state index in [4.69, 9.17) is 0 Å². The number of amides is 1. The molecule has 1 aromatic rings. The first-order valence-electron chi connectivity index (χ1n) is 8.76. The van der Waals surface area contributed by atoms with Crippen LogP contribution < -0.4 is 4.90 Å². The minimum absolute atomic E-state index is 0.225. The maximum absolute atomic E-state index is 12.2. The highest BCUT2D eigenvalue weighted by molar-refractivity contribution is 5.78. The molecule has 1 amide bonds. The number of allylic oxidation sites excluding steroid dienone is 1. The number of rotatable bonds is 8. The Hall–Kier alpha value is -1.91. The van der Waals surface area contributed by atoms with E-state index in [2.05, 4.69) is 27.9 Å². The van der Waals surface area contributed by atoms with Crippen molar-refractivity contribution >= 4 is 11.9 Å². The lowest BCUT2D eigenvalue weighted by Crippen LogP contribution is -2.49. The molecule has 1 fully saturated rings. The minimum atomic E-state index is 0.225. The van der Waals surface area contributed by atoms with Crippen LogP contribution in [-0.4, -0.2) is 47.0 Å². The summed E-state index contributed by atoms with van der Waals surface area (Å²) >= 11 is 0. The number of nitrogens with zero attached hydrogens (tertiary/aromatic N) is 4. The van der Waals surface area contributed by atoms with E-state index in [1.165, 1.54) is 25.7 Å². The fraction of sp³-hybridized carbons (Fsp3) is 0.611. The number of aromatic nitrogens is 2. The molecule has 2 heterocycles. The highest BCUT2D eigenvalue weighted by Gasteiger charge is 2.21. The van der Waals surface area contributed by atoms with E-state index in [-0.39, 0.29) is 5.91 Å². The highest BCUT2D eigenvalue weighted by Crippen LogP contribution is 2.11. The van der Waals surface area contributed by atoms with Gasteiger partial charge in [-0.05, 0) is 18.9 Å². The first-order chi connectivity index (χ1) is 11.3. The Morgan fingerprint density at radius 1 is 1.09 bits per heavy atom. The lowest BCUT2D eigenvalue weighted by atomic mass is 10.1. The van der Waals surface area contributed by atoms with E-state index in [1.807, 2.05) is 17.0 Å². The van der Waals surface area contributed by atoms with Crippen LogP contribution in [0.1, 0.15) is 45.4 Å². The molecular weight excluding hydrogens is 288 g/mol. The molecule has 0 saturated carbocycles. The Bertz CT molecular complexity index is 481. The summed E-state index contributed by atoms with van der Waals surface area (Å²) in [6.07, 6.45) is 14.4. The van der Waals surface area contributed by atoms with Crippen molar-refractivity contribution in [1.82, 2.24) is 14.9 Å². The average molecular weight is 316 g/mol. The zero-order valence-electron chi connectivity index (χ0n) is 14.2. The number of unbranched alkanes of at least 4 members (excludes halogenated alkanes) is 4. The fourth-order valence-corrected chi connectivity index (χ4v) is 2.73. The van der Waals surface area contributed by atoms with Gasteiger partial charge in [0.15, 0.2) is 0 Å². The van der Waals surface area contributed by atoms with Crippen LogP contribution in [0, 0.1) is 0 Å². The topological polar surface area (TPSA) is 49.3 Å². The number of carbonyl (C=O) groups is 1. The van der Waals surface area contributed by atoms with Crippen molar-refractivity contribution in [2.75, 3.05) is 31.1 Å². The van der Waals surface area contributed by atoms with Gasteiger partial charge in [-0.2, -0.15) is 0 Å². The molecule has 1 aromatic heterocycles. The second-order valence-corrected chi connectivity index (χ2v) is 5.94. The van der Waals surface area contributed by atoms with Gasteiger partial charge in [-0.25, -0.2) is 9.97 Å². The van der Waals surface area contributed by atoms with Gasteiger partial charge in [0.2, 0.25) is 11.9 Å². The zero-order chi connectivity index (χ0) is 16.3. The number of hydrogen-bond acceptors (Lipinski definition) is 4. The Balaban J connectivity index is 1.64. The van der Waals surface area contributed by atoms with Crippen LogP contribution in [0.4, 0.5) is 5.95 Å². The van der Waals surface area contributed by atoms with Gasteiger partial charge in [-0.15, -0.1) is 0 Å². The van der Waals surface area contributed by atoms with Crippen LogP contribution in [0.25, 0.3) is 0 Å². The third kappa shape index (κ3) is 6.00. The van der Waals surface area contributed by atoms with Gasteiger partial charge in [0, 0.05) is 45.0 Å². The molecule has 5 heteroatoms. The monoisotopic (exact) mass is 316 g/mol. The molecule has 0 spiro atoms. The van der Waals surface area contributed by atoms with Crippen LogP contribution in [0.2, 0.25) is 0 Å². The Labute approximate surface area is 139 Å². The van der Waals surface area contributed by atoms with Crippen LogP contribution >= 0.6 is 0 Å². The smallest absolute Gasteiger partial charge is 0.226 e. The first kappa shape index (κ1) is 17.4. The van der Waals surface area contributed by atoms with Gasteiger partial charge in [0.1, 0.15) is 0 Å². The van der Waals surface area contributed by atoms with Crippen molar-refractivity contribution in [3.8, 4) is 0 Å². The van der Waals surface area contributed by atoms with E-state index in [0.717, 1.165) is 38.5 Å².